The van der Waals surface area contributed by atoms with Crippen LogP contribution in [-0.2, 0) is 15.3 Å². The van der Waals surface area contributed by atoms with E-state index in [1.54, 1.807) is 6.92 Å². The highest BCUT2D eigenvalue weighted by atomic mass is 32.2. The van der Waals surface area contributed by atoms with Gasteiger partial charge < -0.3 is 10.4 Å². The van der Waals surface area contributed by atoms with Crippen LogP contribution in [0.15, 0.2) is 30.3 Å². The maximum absolute atomic E-state index is 11.9. The molecular formula is C15H19NO3S. The molecule has 0 saturated heterocycles. The summed E-state index contributed by atoms with van der Waals surface area (Å²) in [4.78, 5) is 23.2. The maximum atomic E-state index is 11.9. The van der Waals surface area contributed by atoms with E-state index in [2.05, 4.69) is 5.32 Å². The van der Waals surface area contributed by atoms with Gasteiger partial charge >= 0.3 is 5.97 Å². The Morgan fingerprint density at radius 2 is 2.00 bits per heavy atom. The molecule has 1 aliphatic carbocycles. The number of benzene rings is 1. The van der Waals surface area contributed by atoms with Gasteiger partial charge in [-0.1, -0.05) is 30.3 Å². The fourth-order valence-electron chi connectivity index (χ4n) is 2.15. The summed E-state index contributed by atoms with van der Waals surface area (Å²) in [5, 5.41) is 12.0. The molecule has 1 aromatic rings. The van der Waals surface area contributed by atoms with Gasteiger partial charge in [0.1, 0.15) is 5.54 Å². The summed E-state index contributed by atoms with van der Waals surface area (Å²) >= 11 is 1.49. The van der Waals surface area contributed by atoms with Gasteiger partial charge in [-0.15, -0.1) is 11.8 Å². The summed E-state index contributed by atoms with van der Waals surface area (Å²) < 4.78 is 0. The lowest BCUT2D eigenvalue weighted by molar-refractivity contribution is -0.147. The van der Waals surface area contributed by atoms with Crippen molar-refractivity contribution in [3.05, 3.63) is 35.9 Å². The number of aliphatic carboxylic acids is 1. The minimum Gasteiger partial charge on any atom is -0.480 e. The first-order chi connectivity index (χ1) is 9.52. The number of nitrogens with one attached hydrogen (secondary N) is 1. The van der Waals surface area contributed by atoms with E-state index in [1.807, 2.05) is 30.3 Å². The quantitative estimate of drug-likeness (QED) is 0.809. The highest BCUT2D eigenvalue weighted by Crippen LogP contribution is 2.39. The summed E-state index contributed by atoms with van der Waals surface area (Å²) in [5.41, 5.74) is 0.0539. The van der Waals surface area contributed by atoms with Gasteiger partial charge in [0, 0.05) is 5.75 Å². The number of carboxylic acid groups (broad SMARTS) is 1. The van der Waals surface area contributed by atoms with E-state index in [1.165, 1.54) is 11.8 Å². The molecule has 1 atom stereocenters. The fourth-order valence-corrected chi connectivity index (χ4v) is 2.94. The molecule has 1 saturated carbocycles. The number of carbonyl (C=O) groups excluding carboxylic acids is 1. The molecule has 0 heterocycles. The second-order valence-corrected chi connectivity index (χ2v) is 6.29. The topological polar surface area (TPSA) is 66.4 Å². The second kappa shape index (κ2) is 6.31. The molecule has 0 radical (unpaired) electrons. The van der Waals surface area contributed by atoms with Gasteiger partial charge in [0.15, 0.2) is 0 Å². The fraction of sp³-hybridized carbons (Fsp3) is 0.467. The SMILES string of the molecule is CC(NC(=O)CSCc1ccccc1)(C(=O)O)C1CC1. The van der Waals surface area contributed by atoms with Crippen molar-refractivity contribution in [3.8, 4) is 0 Å². The minimum atomic E-state index is -1.11. The highest BCUT2D eigenvalue weighted by Gasteiger charge is 2.48. The van der Waals surface area contributed by atoms with E-state index in [9.17, 15) is 14.7 Å². The van der Waals surface area contributed by atoms with Crippen LogP contribution in [0.4, 0.5) is 0 Å². The lowest BCUT2D eigenvalue weighted by atomic mass is 9.96. The summed E-state index contributed by atoms with van der Waals surface area (Å²) in [7, 11) is 0. The van der Waals surface area contributed by atoms with Gasteiger partial charge in [0.2, 0.25) is 5.91 Å². The van der Waals surface area contributed by atoms with E-state index in [4.69, 9.17) is 0 Å². The molecule has 108 valence electrons. The molecule has 1 fully saturated rings. The standard InChI is InChI=1S/C15H19NO3S/c1-15(14(18)19,12-7-8-12)16-13(17)10-20-9-11-5-3-2-4-6-11/h2-6,12H,7-10H2,1H3,(H,16,17)(H,18,19). The minimum absolute atomic E-state index is 0.0723. The third-order valence-electron chi connectivity index (χ3n) is 3.58. The lowest BCUT2D eigenvalue weighted by Gasteiger charge is -2.26. The van der Waals surface area contributed by atoms with E-state index in [-0.39, 0.29) is 17.6 Å². The number of thioether (sulfide) groups is 1. The number of carbonyl (C=O) groups is 2. The van der Waals surface area contributed by atoms with Gasteiger partial charge in [0.05, 0.1) is 5.75 Å². The molecule has 4 nitrogen and oxygen atoms in total. The first-order valence-corrected chi connectivity index (χ1v) is 7.84. The summed E-state index contributed by atoms with van der Waals surface area (Å²) in [6.07, 6.45) is 1.75. The second-order valence-electron chi connectivity index (χ2n) is 5.31. The third-order valence-corrected chi connectivity index (χ3v) is 4.59. The zero-order chi connectivity index (χ0) is 14.6. The molecule has 0 spiro atoms. The smallest absolute Gasteiger partial charge is 0.329 e. The normalized spacial score (nSPS) is 17.2. The molecule has 1 aliphatic rings. The van der Waals surface area contributed by atoms with E-state index in [0.29, 0.717) is 0 Å². The van der Waals surface area contributed by atoms with Crippen LogP contribution in [0.2, 0.25) is 0 Å². The van der Waals surface area contributed by atoms with Crippen LogP contribution in [0, 0.1) is 5.92 Å². The first-order valence-electron chi connectivity index (χ1n) is 6.68. The molecule has 1 amide bonds. The molecule has 2 rings (SSSR count). The Morgan fingerprint density at radius 3 is 2.55 bits per heavy atom. The predicted molar refractivity (Wildman–Crippen MR) is 79.5 cm³/mol. The van der Waals surface area contributed by atoms with Crippen molar-refractivity contribution in [3.63, 3.8) is 0 Å². The third kappa shape index (κ3) is 3.76. The van der Waals surface area contributed by atoms with Gasteiger partial charge in [-0.25, -0.2) is 4.79 Å². The Morgan fingerprint density at radius 1 is 1.35 bits per heavy atom. The zero-order valence-electron chi connectivity index (χ0n) is 11.5. The van der Waals surface area contributed by atoms with Crippen molar-refractivity contribution in [2.45, 2.75) is 31.1 Å². The van der Waals surface area contributed by atoms with Gasteiger partial charge in [0.25, 0.3) is 0 Å². The number of hydrogen-bond acceptors (Lipinski definition) is 3. The molecule has 1 aromatic carbocycles. The molecular weight excluding hydrogens is 274 g/mol. The zero-order valence-corrected chi connectivity index (χ0v) is 12.3. The van der Waals surface area contributed by atoms with Crippen LogP contribution < -0.4 is 5.32 Å². The molecule has 1 unspecified atom stereocenters. The molecule has 0 aliphatic heterocycles. The highest BCUT2D eigenvalue weighted by molar-refractivity contribution is 7.99. The van der Waals surface area contributed by atoms with Crippen molar-refractivity contribution < 1.29 is 14.7 Å². The van der Waals surface area contributed by atoms with Crippen molar-refractivity contribution in [1.29, 1.82) is 0 Å². The van der Waals surface area contributed by atoms with E-state index >= 15 is 0 Å². The number of carboxylic acids is 1. The maximum Gasteiger partial charge on any atom is 0.329 e. The van der Waals surface area contributed by atoms with Crippen LogP contribution in [0.5, 0.6) is 0 Å². The van der Waals surface area contributed by atoms with Gasteiger partial charge in [-0.3, -0.25) is 4.79 Å². The average molecular weight is 293 g/mol. The Bertz CT molecular complexity index is 487. The van der Waals surface area contributed by atoms with Crippen LogP contribution in [-0.4, -0.2) is 28.3 Å². The molecule has 0 aromatic heterocycles. The number of hydrogen-bond donors (Lipinski definition) is 2. The summed E-state index contributed by atoms with van der Waals surface area (Å²) in [5.74, 6) is -0.0430. The molecule has 2 N–H and O–H groups in total. The molecule has 0 bridgehead atoms. The lowest BCUT2D eigenvalue weighted by Crippen LogP contribution is -2.54. The first kappa shape index (κ1) is 14.9. The van der Waals surface area contributed by atoms with Crippen LogP contribution in [0.3, 0.4) is 0 Å². The summed E-state index contributed by atoms with van der Waals surface area (Å²) in [6, 6.07) is 9.90. The predicted octanol–water partition coefficient (Wildman–Crippen LogP) is 2.29. The largest absolute Gasteiger partial charge is 0.480 e. The summed E-state index contributed by atoms with van der Waals surface area (Å²) in [6.45, 7) is 1.60. The number of amides is 1. The van der Waals surface area contributed by atoms with Gasteiger partial charge in [-0.05, 0) is 31.2 Å². The molecule has 20 heavy (non-hydrogen) atoms. The Hall–Kier alpha value is -1.49. The van der Waals surface area contributed by atoms with Crippen molar-refractivity contribution in [1.82, 2.24) is 5.32 Å². The van der Waals surface area contributed by atoms with Gasteiger partial charge in [-0.2, -0.15) is 0 Å². The van der Waals surface area contributed by atoms with Crippen molar-refractivity contribution in [2.24, 2.45) is 5.92 Å². The molecule has 5 heteroatoms. The average Bonchev–Trinajstić information content (AvgIpc) is 3.24. The Kier molecular flexibility index (Phi) is 4.70. The van der Waals surface area contributed by atoms with Crippen LogP contribution >= 0.6 is 11.8 Å². The van der Waals surface area contributed by atoms with Crippen molar-refractivity contribution >= 4 is 23.6 Å². The Balaban J connectivity index is 1.79. The van der Waals surface area contributed by atoms with E-state index < -0.39 is 11.5 Å². The van der Waals surface area contributed by atoms with Crippen LogP contribution in [0.25, 0.3) is 0 Å². The number of rotatable bonds is 7. The van der Waals surface area contributed by atoms with E-state index in [0.717, 1.165) is 24.2 Å². The Labute approximate surface area is 123 Å². The monoisotopic (exact) mass is 293 g/mol. The van der Waals surface area contributed by atoms with Crippen molar-refractivity contribution in [2.75, 3.05) is 5.75 Å². The van der Waals surface area contributed by atoms with Crippen LogP contribution in [0.1, 0.15) is 25.3 Å².